The normalized spacial score (nSPS) is 17.2. The molecule has 0 aliphatic carbocycles. The number of guanidine groups is 1. The lowest BCUT2D eigenvalue weighted by molar-refractivity contribution is 0.307. The highest BCUT2D eigenvalue weighted by molar-refractivity contribution is 14.0. The van der Waals surface area contributed by atoms with Crippen LogP contribution in [0.1, 0.15) is 25.8 Å². The van der Waals surface area contributed by atoms with Crippen LogP contribution in [0.3, 0.4) is 0 Å². The minimum Gasteiger partial charge on any atom is -0.497 e. The van der Waals surface area contributed by atoms with Crippen LogP contribution >= 0.6 is 24.0 Å². The minimum atomic E-state index is 0. The number of benzene rings is 1. The lowest BCUT2D eigenvalue weighted by atomic mass is 10.2. The van der Waals surface area contributed by atoms with Crippen LogP contribution in [0, 0.1) is 0 Å². The molecule has 166 valence electrons. The summed E-state index contributed by atoms with van der Waals surface area (Å²) in [7, 11) is 5.21. The molecule has 1 aliphatic heterocycles. The summed E-state index contributed by atoms with van der Waals surface area (Å²) in [6.07, 6.45) is 1.11. The van der Waals surface area contributed by atoms with Crippen molar-refractivity contribution in [2.45, 2.75) is 32.9 Å². The molecule has 29 heavy (non-hydrogen) atoms. The van der Waals surface area contributed by atoms with Crippen molar-refractivity contribution in [3.05, 3.63) is 23.8 Å². The Bertz CT molecular complexity index is 603. The summed E-state index contributed by atoms with van der Waals surface area (Å²) >= 11 is 0. The van der Waals surface area contributed by atoms with Crippen molar-refractivity contribution in [1.82, 2.24) is 20.4 Å². The Balaban J connectivity index is 0.00000420. The number of hydrogen-bond acceptors (Lipinski definition) is 5. The van der Waals surface area contributed by atoms with Crippen molar-refractivity contribution in [2.75, 3.05) is 60.5 Å². The van der Waals surface area contributed by atoms with Crippen molar-refractivity contribution in [3.63, 3.8) is 0 Å². The number of ether oxygens (including phenoxy) is 2. The highest BCUT2D eigenvalue weighted by atomic mass is 127. The summed E-state index contributed by atoms with van der Waals surface area (Å²) in [5.41, 5.74) is 1.21. The summed E-state index contributed by atoms with van der Waals surface area (Å²) in [4.78, 5) is 9.23. The van der Waals surface area contributed by atoms with Gasteiger partial charge in [0.1, 0.15) is 11.5 Å². The highest BCUT2D eigenvalue weighted by Crippen LogP contribution is 2.24. The van der Waals surface area contributed by atoms with Crippen molar-refractivity contribution >= 4 is 29.9 Å². The third-order valence-electron chi connectivity index (χ3n) is 5.27. The van der Waals surface area contributed by atoms with E-state index in [0.717, 1.165) is 69.7 Å². The number of rotatable bonds is 10. The molecule has 0 aromatic heterocycles. The Morgan fingerprint density at radius 2 is 1.83 bits per heavy atom. The smallest absolute Gasteiger partial charge is 0.191 e. The van der Waals surface area contributed by atoms with Crippen molar-refractivity contribution in [2.24, 2.45) is 4.99 Å². The van der Waals surface area contributed by atoms with Gasteiger partial charge in [0.25, 0.3) is 0 Å². The van der Waals surface area contributed by atoms with Crippen LogP contribution in [0.4, 0.5) is 0 Å². The molecule has 1 aliphatic rings. The summed E-state index contributed by atoms with van der Waals surface area (Å²) < 4.78 is 10.8. The van der Waals surface area contributed by atoms with E-state index in [-0.39, 0.29) is 24.0 Å². The molecule has 1 atom stereocenters. The van der Waals surface area contributed by atoms with Gasteiger partial charge in [0, 0.05) is 51.9 Å². The van der Waals surface area contributed by atoms with Gasteiger partial charge < -0.3 is 25.0 Å². The van der Waals surface area contributed by atoms with Crippen LogP contribution < -0.4 is 20.1 Å². The van der Waals surface area contributed by atoms with Gasteiger partial charge in [-0.1, -0.05) is 13.8 Å². The zero-order chi connectivity index (χ0) is 20.4. The molecular formula is C21H38IN5O2. The first-order chi connectivity index (χ1) is 13.6. The molecule has 1 saturated heterocycles. The van der Waals surface area contributed by atoms with Crippen LogP contribution in [0.2, 0.25) is 0 Å². The van der Waals surface area contributed by atoms with E-state index >= 15 is 0 Å². The Morgan fingerprint density at radius 3 is 2.38 bits per heavy atom. The maximum atomic E-state index is 5.38. The standard InChI is InChI=1S/C21H37N5O2.HI/c1-6-25(7-2)11-9-23-21(22-3)24-18-8-10-26(16-18)15-17-12-19(27-4)14-20(13-17)28-5;/h12-14,18H,6-11,15-16H2,1-5H3,(H2,22,23,24);1H. The molecule has 1 unspecified atom stereocenters. The fourth-order valence-electron chi connectivity index (χ4n) is 3.57. The molecule has 1 fully saturated rings. The number of likely N-dealkylation sites (N-methyl/N-ethyl adjacent to an activating group) is 1. The quantitative estimate of drug-likeness (QED) is 0.281. The van der Waals surface area contributed by atoms with Gasteiger partial charge in [0.2, 0.25) is 0 Å². The van der Waals surface area contributed by atoms with Crippen molar-refractivity contribution < 1.29 is 9.47 Å². The van der Waals surface area contributed by atoms with E-state index in [1.807, 2.05) is 13.1 Å². The molecule has 0 radical (unpaired) electrons. The Morgan fingerprint density at radius 1 is 1.17 bits per heavy atom. The van der Waals surface area contributed by atoms with Crippen LogP contribution in [-0.4, -0.2) is 82.3 Å². The second-order valence-corrected chi connectivity index (χ2v) is 7.11. The predicted molar refractivity (Wildman–Crippen MR) is 131 cm³/mol. The molecular weight excluding hydrogens is 481 g/mol. The molecule has 0 saturated carbocycles. The second kappa shape index (κ2) is 13.9. The molecule has 1 aromatic rings. The fraction of sp³-hybridized carbons (Fsp3) is 0.667. The van der Waals surface area contributed by atoms with E-state index in [2.05, 4.69) is 51.4 Å². The molecule has 1 aromatic carbocycles. The molecule has 2 rings (SSSR count). The van der Waals surface area contributed by atoms with E-state index in [1.54, 1.807) is 14.2 Å². The van der Waals surface area contributed by atoms with Crippen LogP contribution in [0.5, 0.6) is 11.5 Å². The summed E-state index contributed by atoms with van der Waals surface area (Å²) in [6, 6.07) is 6.48. The fourth-order valence-corrected chi connectivity index (χ4v) is 3.57. The number of aliphatic imine (C=N–C) groups is 1. The van der Waals surface area contributed by atoms with E-state index in [9.17, 15) is 0 Å². The molecule has 0 bridgehead atoms. The largest absolute Gasteiger partial charge is 0.497 e. The maximum Gasteiger partial charge on any atom is 0.191 e. The lowest BCUT2D eigenvalue weighted by Gasteiger charge is -2.21. The van der Waals surface area contributed by atoms with Gasteiger partial charge in [-0.05, 0) is 37.2 Å². The first kappa shape index (κ1) is 25.8. The molecule has 0 spiro atoms. The third-order valence-corrected chi connectivity index (χ3v) is 5.27. The van der Waals surface area contributed by atoms with E-state index in [0.29, 0.717) is 6.04 Å². The van der Waals surface area contributed by atoms with Gasteiger partial charge >= 0.3 is 0 Å². The van der Waals surface area contributed by atoms with Crippen LogP contribution in [0.15, 0.2) is 23.2 Å². The van der Waals surface area contributed by atoms with Gasteiger partial charge in [-0.15, -0.1) is 24.0 Å². The number of hydrogen-bond donors (Lipinski definition) is 2. The Hall–Kier alpha value is -1.26. The molecule has 2 N–H and O–H groups in total. The maximum absolute atomic E-state index is 5.38. The minimum absolute atomic E-state index is 0. The first-order valence-electron chi connectivity index (χ1n) is 10.3. The summed E-state index contributed by atoms with van der Waals surface area (Å²) in [6.45, 7) is 11.4. The van der Waals surface area contributed by atoms with Gasteiger partial charge in [-0.3, -0.25) is 9.89 Å². The molecule has 1 heterocycles. The third kappa shape index (κ3) is 8.55. The predicted octanol–water partition coefficient (Wildman–Crippen LogP) is 2.40. The zero-order valence-electron chi connectivity index (χ0n) is 18.5. The number of likely N-dealkylation sites (tertiary alicyclic amines) is 1. The highest BCUT2D eigenvalue weighted by Gasteiger charge is 2.23. The van der Waals surface area contributed by atoms with E-state index in [4.69, 9.17) is 9.47 Å². The molecule has 7 nitrogen and oxygen atoms in total. The zero-order valence-corrected chi connectivity index (χ0v) is 20.9. The van der Waals surface area contributed by atoms with Gasteiger partial charge in [0.15, 0.2) is 5.96 Å². The monoisotopic (exact) mass is 519 g/mol. The van der Waals surface area contributed by atoms with Gasteiger partial charge in [-0.25, -0.2) is 0 Å². The summed E-state index contributed by atoms with van der Waals surface area (Å²) in [5.74, 6) is 2.56. The second-order valence-electron chi connectivity index (χ2n) is 7.11. The number of nitrogens with zero attached hydrogens (tertiary/aromatic N) is 3. The Kier molecular flexibility index (Phi) is 12.3. The van der Waals surface area contributed by atoms with Crippen molar-refractivity contribution in [3.8, 4) is 11.5 Å². The summed E-state index contributed by atoms with van der Waals surface area (Å²) in [5, 5.41) is 7.00. The SMILES string of the molecule is CCN(CC)CCNC(=NC)NC1CCN(Cc2cc(OC)cc(OC)c2)C1.I. The van der Waals surface area contributed by atoms with Gasteiger partial charge in [0.05, 0.1) is 14.2 Å². The average Bonchev–Trinajstić information content (AvgIpc) is 3.16. The van der Waals surface area contributed by atoms with Crippen molar-refractivity contribution in [1.29, 1.82) is 0 Å². The van der Waals surface area contributed by atoms with Crippen LogP contribution in [-0.2, 0) is 6.54 Å². The molecule has 0 amide bonds. The lowest BCUT2D eigenvalue weighted by Crippen LogP contribution is -2.46. The van der Waals surface area contributed by atoms with E-state index in [1.165, 1.54) is 5.56 Å². The topological polar surface area (TPSA) is 61.4 Å². The Labute approximate surface area is 193 Å². The average molecular weight is 519 g/mol. The molecule has 8 heteroatoms. The van der Waals surface area contributed by atoms with Crippen LogP contribution in [0.25, 0.3) is 0 Å². The number of halogens is 1. The number of nitrogens with one attached hydrogen (secondary N) is 2. The number of methoxy groups -OCH3 is 2. The van der Waals surface area contributed by atoms with E-state index < -0.39 is 0 Å². The first-order valence-corrected chi connectivity index (χ1v) is 10.3. The van der Waals surface area contributed by atoms with Gasteiger partial charge in [-0.2, -0.15) is 0 Å².